The van der Waals surface area contributed by atoms with Gasteiger partial charge in [-0.05, 0) is 37.2 Å². The molecule has 0 saturated carbocycles. The summed E-state index contributed by atoms with van der Waals surface area (Å²) >= 11 is 0. The molecule has 100 valence electrons. The Hall–Kier alpha value is -1.12. The van der Waals surface area contributed by atoms with Crippen molar-refractivity contribution < 1.29 is 14.3 Å². The fraction of sp³-hybridized carbons (Fsp3) is 0.733. The average Bonchev–Trinajstić information content (AvgIpc) is 2.67. The maximum atomic E-state index is 11.4. The first-order valence-corrected chi connectivity index (χ1v) is 6.66. The lowest BCUT2D eigenvalue weighted by atomic mass is 9.82. The van der Waals surface area contributed by atoms with Crippen molar-refractivity contribution >= 4 is 11.8 Å². The highest BCUT2D eigenvalue weighted by atomic mass is 16.6. The molecule has 1 heterocycles. The highest BCUT2D eigenvalue weighted by molar-refractivity contribution is 5.77. The number of ether oxygens (including phenoxy) is 1. The van der Waals surface area contributed by atoms with E-state index in [2.05, 4.69) is 19.9 Å². The van der Waals surface area contributed by atoms with Gasteiger partial charge in [0.2, 0.25) is 0 Å². The van der Waals surface area contributed by atoms with Gasteiger partial charge in [0.1, 0.15) is 11.4 Å². The Morgan fingerprint density at radius 2 is 2.11 bits per heavy atom. The molecule has 0 aromatic carbocycles. The van der Waals surface area contributed by atoms with Gasteiger partial charge in [0.05, 0.1) is 0 Å². The fourth-order valence-electron chi connectivity index (χ4n) is 3.35. The molecule has 1 saturated heterocycles. The van der Waals surface area contributed by atoms with E-state index < -0.39 is 5.60 Å². The van der Waals surface area contributed by atoms with Crippen LogP contribution in [0.25, 0.3) is 0 Å². The van der Waals surface area contributed by atoms with Crippen LogP contribution in [-0.2, 0) is 14.3 Å². The summed E-state index contributed by atoms with van der Waals surface area (Å²) in [5.74, 6) is 0.314. The van der Waals surface area contributed by atoms with Gasteiger partial charge in [-0.3, -0.25) is 4.79 Å². The van der Waals surface area contributed by atoms with E-state index in [0.717, 1.165) is 18.4 Å². The van der Waals surface area contributed by atoms with E-state index in [9.17, 15) is 9.59 Å². The number of hydrogen-bond donors (Lipinski definition) is 0. The topological polar surface area (TPSA) is 43.4 Å². The molecule has 0 bridgehead atoms. The summed E-state index contributed by atoms with van der Waals surface area (Å²) in [7, 11) is 0. The van der Waals surface area contributed by atoms with Crippen molar-refractivity contribution in [1.29, 1.82) is 0 Å². The number of allylic oxidation sites excluding steroid dienone is 1. The summed E-state index contributed by atoms with van der Waals surface area (Å²) in [5.41, 5.74) is 0.770. The van der Waals surface area contributed by atoms with E-state index in [4.69, 9.17) is 4.74 Å². The Morgan fingerprint density at radius 1 is 1.44 bits per heavy atom. The smallest absolute Gasteiger partial charge is 0.306 e. The predicted molar refractivity (Wildman–Crippen MR) is 69.0 cm³/mol. The minimum Gasteiger partial charge on any atom is -0.455 e. The van der Waals surface area contributed by atoms with Crippen LogP contribution in [0.15, 0.2) is 11.6 Å². The van der Waals surface area contributed by atoms with Crippen LogP contribution in [0.4, 0.5) is 0 Å². The number of carbonyl (C=O) groups is 2. The molecule has 2 atom stereocenters. The molecule has 18 heavy (non-hydrogen) atoms. The maximum absolute atomic E-state index is 11.4. The van der Waals surface area contributed by atoms with Gasteiger partial charge in [-0.1, -0.05) is 19.9 Å². The Balaban J connectivity index is 2.27. The van der Waals surface area contributed by atoms with Gasteiger partial charge in [-0.25, -0.2) is 0 Å². The van der Waals surface area contributed by atoms with Crippen molar-refractivity contribution in [2.75, 3.05) is 0 Å². The lowest BCUT2D eigenvalue weighted by Gasteiger charge is -2.28. The van der Waals surface area contributed by atoms with E-state index in [1.807, 2.05) is 6.92 Å². The zero-order chi connectivity index (χ0) is 13.6. The summed E-state index contributed by atoms with van der Waals surface area (Å²) in [6, 6.07) is 0. The zero-order valence-electron chi connectivity index (χ0n) is 11.7. The van der Waals surface area contributed by atoms with E-state index in [1.54, 1.807) is 6.92 Å². The standard InChI is InChI=1S/C15H22O3/c1-10(16)7-11-8-14(2,3)9-12(11)15(4)6-5-13(17)18-15/h9,11H,5-8H2,1-4H3/t11-,15+/m1/s1. The van der Waals surface area contributed by atoms with Crippen molar-refractivity contribution in [3.05, 3.63) is 11.6 Å². The van der Waals surface area contributed by atoms with Crippen molar-refractivity contribution in [3.8, 4) is 0 Å². The van der Waals surface area contributed by atoms with Gasteiger partial charge in [-0.2, -0.15) is 0 Å². The third-order valence-electron chi connectivity index (χ3n) is 4.05. The van der Waals surface area contributed by atoms with E-state index in [1.165, 1.54) is 0 Å². The van der Waals surface area contributed by atoms with Crippen LogP contribution >= 0.6 is 0 Å². The molecule has 0 aromatic rings. The third kappa shape index (κ3) is 2.50. The average molecular weight is 250 g/mol. The largest absolute Gasteiger partial charge is 0.455 e. The first kappa shape index (κ1) is 13.3. The summed E-state index contributed by atoms with van der Waals surface area (Å²) in [6.07, 6.45) is 4.97. The van der Waals surface area contributed by atoms with Crippen molar-refractivity contribution in [2.45, 2.75) is 59.0 Å². The molecule has 0 radical (unpaired) electrons. The molecule has 2 rings (SSSR count). The molecule has 3 heteroatoms. The van der Waals surface area contributed by atoms with E-state index in [0.29, 0.717) is 12.8 Å². The zero-order valence-corrected chi connectivity index (χ0v) is 11.7. The number of esters is 1. The second-order valence-corrected chi connectivity index (χ2v) is 6.60. The van der Waals surface area contributed by atoms with Crippen LogP contribution in [-0.4, -0.2) is 17.4 Å². The minimum absolute atomic E-state index is 0.0907. The van der Waals surface area contributed by atoms with E-state index >= 15 is 0 Å². The lowest BCUT2D eigenvalue weighted by molar-refractivity contribution is -0.145. The molecule has 1 aliphatic carbocycles. The van der Waals surface area contributed by atoms with E-state index in [-0.39, 0.29) is 23.1 Å². The van der Waals surface area contributed by atoms with Crippen molar-refractivity contribution in [1.82, 2.24) is 0 Å². The van der Waals surface area contributed by atoms with Crippen LogP contribution in [0.5, 0.6) is 0 Å². The Morgan fingerprint density at radius 3 is 2.61 bits per heavy atom. The highest BCUT2D eigenvalue weighted by Crippen LogP contribution is 2.49. The number of Topliss-reactive ketones (excluding diaryl/α,β-unsaturated/α-hetero) is 1. The van der Waals surface area contributed by atoms with Gasteiger partial charge < -0.3 is 9.53 Å². The second kappa shape index (κ2) is 4.22. The first-order chi connectivity index (χ1) is 8.22. The van der Waals surface area contributed by atoms with Crippen LogP contribution in [0.1, 0.15) is 53.4 Å². The molecule has 1 aliphatic heterocycles. The Labute approximate surface area is 109 Å². The number of ketones is 1. The monoisotopic (exact) mass is 250 g/mol. The Bertz CT molecular complexity index is 419. The molecule has 1 fully saturated rings. The summed E-state index contributed by atoms with van der Waals surface area (Å²) in [5, 5.41) is 0. The lowest BCUT2D eigenvalue weighted by Crippen LogP contribution is -2.30. The van der Waals surface area contributed by atoms with Gasteiger partial charge >= 0.3 is 5.97 Å². The number of carbonyl (C=O) groups excluding carboxylic acids is 2. The van der Waals surface area contributed by atoms with Crippen molar-refractivity contribution in [2.24, 2.45) is 11.3 Å². The fourth-order valence-corrected chi connectivity index (χ4v) is 3.35. The normalized spacial score (nSPS) is 34.3. The molecule has 0 N–H and O–H groups in total. The summed E-state index contributed by atoms with van der Waals surface area (Å²) in [4.78, 5) is 22.8. The molecule has 0 spiro atoms. The maximum Gasteiger partial charge on any atom is 0.306 e. The molecule has 0 unspecified atom stereocenters. The van der Waals surface area contributed by atoms with Crippen LogP contribution in [0, 0.1) is 11.3 Å². The predicted octanol–water partition coefficient (Wildman–Crippen LogP) is 3.03. The third-order valence-corrected chi connectivity index (χ3v) is 4.05. The van der Waals surface area contributed by atoms with Crippen LogP contribution in [0.3, 0.4) is 0 Å². The van der Waals surface area contributed by atoms with Crippen LogP contribution in [0.2, 0.25) is 0 Å². The molecular formula is C15H22O3. The van der Waals surface area contributed by atoms with Gasteiger partial charge in [0.15, 0.2) is 0 Å². The molecule has 0 amide bonds. The second-order valence-electron chi connectivity index (χ2n) is 6.60. The number of cyclic esters (lactones) is 1. The molecule has 3 nitrogen and oxygen atoms in total. The SMILES string of the molecule is CC(=O)C[C@@H]1CC(C)(C)C=C1[C@]1(C)CCC(=O)O1. The van der Waals surface area contributed by atoms with Gasteiger partial charge in [-0.15, -0.1) is 0 Å². The summed E-state index contributed by atoms with van der Waals surface area (Å²) < 4.78 is 5.52. The minimum atomic E-state index is -0.481. The summed E-state index contributed by atoms with van der Waals surface area (Å²) in [6.45, 7) is 7.96. The quantitative estimate of drug-likeness (QED) is 0.571. The number of rotatable bonds is 3. The van der Waals surface area contributed by atoms with Crippen LogP contribution < -0.4 is 0 Å². The highest BCUT2D eigenvalue weighted by Gasteiger charge is 2.46. The molecular weight excluding hydrogens is 228 g/mol. The molecule has 0 aromatic heterocycles. The van der Waals surface area contributed by atoms with Gasteiger partial charge in [0, 0.05) is 19.3 Å². The first-order valence-electron chi connectivity index (χ1n) is 6.66. The number of hydrogen-bond acceptors (Lipinski definition) is 3. The molecule has 2 aliphatic rings. The van der Waals surface area contributed by atoms with Gasteiger partial charge in [0.25, 0.3) is 0 Å². The van der Waals surface area contributed by atoms with Crippen molar-refractivity contribution in [3.63, 3.8) is 0 Å². The Kier molecular flexibility index (Phi) is 3.12.